The van der Waals surface area contributed by atoms with Crippen LogP contribution in [0.25, 0.3) is 11.0 Å². The van der Waals surface area contributed by atoms with Gasteiger partial charge in [0.1, 0.15) is 5.82 Å². The van der Waals surface area contributed by atoms with Gasteiger partial charge in [-0.25, -0.2) is 4.39 Å². The Morgan fingerprint density at radius 3 is 2.93 bits per heavy atom. The Hall–Kier alpha value is -0.870. The maximum Gasteiger partial charge on any atom is 0.178 e. The maximum absolute atomic E-state index is 13.2. The third kappa shape index (κ3) is 1.79. The molecule has 2 aromatic rings. The normalized spacial score (nSPS) is 11.1. The number of halogens is 2. The Kier molecular flexibility index (Phi) is 2.80. The second-order valence-electron chi connectivity index (χ2n) is 3.37. The fraction of sp³-hybridized carbons (Fsp3) is 0.300. The van der Waals surface area contributed by atoms with Crippen LogP contribution < -0.4 is 0 Å². The monoisotopic (exact) mass is 244 g/mol. The van der Waals surface area contributed by atoms with Crippen molar-refractivity contribution in [1.29, 1.82) is 0 Å². The molecule has 1 heterocycles. The number of benzene rings is 1. The minimum absolute atomic E-state index is 0.126. The van der Waals surface area contributed by atoms with Crippen molar-refractivity contribution in [3.05, 3.63) is 27.7 Å². The molecular weight excluding hydrogens is 235 g/mol. The number of aryl methyl sites for hydroxylation is 1. The first kappa shape index (κ1) is 10.6. The maximum atomic E-state index is 13.2. The summed E-state index contributed by atoms with van der Waals surface area (Å²) in [5.41, 5.74) is 1.55. The van der Waals surface area contributed by atoms with E-state index in [0.29, 0.717) is 10.3 Å². The molecule has 2 nitrogen and oxygen atoms in total. The van der Waals surface area contributed by atoms with Crippen LogP contribution in [0.3, 0.4) is 0 Å². The number of hydrogen-bond donors (Lipinski definition) is 1. The van der Waals surface area contributed by atoms with Crippen molar-refractivity contribution in [1.82, 2.24) is 9.55 Å². The molecule has 0 aliphatic rings. The van der Waals surface area contributed by atoms with Crippen LogP contribution in [-0.4, -0.2) is 9.55 Å². The Balaban J connectivity index is 2.76. The van der Waals surface area contributed by atoms with Gasteiger partial charge in [-0.3, -0.25) is 0 Å². The van der Waals surface area contributed by atoms with Gasteiger partial charge in [0.2, 0.25) is 0 Å². The van der Waals surface area contributed by atoms with E-state index in [1.807, 2.05) is 4.57 Å². The summed E-state index contributed by atoms with van der Waals surface area (Å²) in [6.45, 7) is 2.87. The van der Waals surface area contributed by atoms with Crippen molar-refractivity contribution >= 4 is 34.9 Å². The van der Waals surface area contributed by atoms with Crippen LogP contribution in [0, 0.1) is 10.6 Å². The number of hydrogen-bond acceptors (Lipinski definition) is 1. The van der Waals surface area contributed by atoms with E-state index in [2.05, 4.69) is 11.9 Å². The first-order valence-corrected chi connectivity index (χ1v) is 5.49. The Labute approximate surface area is 96.7 Å². The number of imidazole rings is 1. The minimum Gasteiger partial charge on any atom is -0.330 e. The summed E-state index contributed by atoms with van der Waals surface area (Å²) in [6.07, 6.45) is 0.969. The summed E-state index contributed by atoms with van der Waals surface area (Å²) in [6, 6.07) is 2.98. The average molecular weight is 245 g/mol. The Bertz CT molecular complexity index is 558. The number of nitrogens with zero attached hydrogens (tertiary/aromatic N) is 1. The molecule has 80 valence electrons. The molecular formula is C10H10ClFN2S. The molecule has 0 bridgehead atoms. The lowest BCUT2D eigenvalue weighted by molar-refractivity contribution is 0.629. The molecule has 15 heavy (non-hydrogen) atoms. The molecule has 5 heteroatoms. The standard InChI is InChI=1S/C10H10ClFN2S/c1-2-3-14-9-4-6(11)7(12)5-8(9)13-10(14)15/h4-5H,2-3H2,1H3,(H,13,15). The topological polar surface area (TPSA) is 20.7 Å². The predicted octanol–water partition coefficient (Wildman–Crippen LogP) is 3.90. The number of nitrogens with one attached hydrogen (secondary N) is 1. The van der Waals surface area contributed by atoms with Gasteiger partial charge in [0, 0.05) is 12.6 Å². The molecule has 1 aromatic carbocycles. The first-order chi connectivity index (χ1) is 7.13. The molecule has 0 aliphatic carbocycles. The van der Waals surface area contributed by atoms with Crippen molar-refractivity contribution in [3.63, 3.8) is 0 Å². The summed E-state index contributed by atoms with van der Waals surface area (Å²) in [5, 5.41) is 0.126. The van der Waals surface area contributed by atoms with Crippen LogP contribution in [0.15, 0.2) is 12.1 Å². The Morgan fingerprint density at radius 2 is 2.27 bits per heavy atom. The summed E-state index contributed by atoms with van der Waals surface area (Å²) in [7, 11) is 0. The van der Waals surface area contributed by atoms with Crippen LogP contribution >= 0.6 is 23.8 Å². The molecule has 0 unspecified atom stereocenters. The second-order valence-corrected chi connectivity index (χ2v) is 4.16. The number of rotatable bonds is 2. The molecule has 0 aliphatic heterocycles. The summed E-state index contributed by atoms with van der Waals surface area (Å²) in [4.78, 5) is 2.96. The average Bonchev–Trinajstić information content (AvgIpc) is 2.46. The van der Waals surface area contributed by atoms with Crippen molar-refractivity contribution in [2.24, 2.45) is 0 Å². The number of fused-ring (bicyclic) bond motifs is 1. The molecule has 1 aromatic heterocycles. The van der Waals surface area contributed by atoms with Gasteiger partial charge in [0.05, 0.1) is 16.1 Å². The number of H-pyrrole nitrogens is 1. The molecule has 0 saturated heterocycles. The van der Waals surface area contributed by atoms with E-state index in [1.165, 1.54) is 6.07 Å². The van der Waals surface area contributed by atoms with E-state index in [1.54, 1.807) is 6.07 Å². The van der Waals surface area contributed by atoms with Crippen LogP contribution in [0.1, 0.15) is 13.3 Å². The molecule has 0 radical (unpaired) electrons. The molecule has 2 rings (SSSR count). The SMILES string of the molecule is CCCn1c(=S)[nH]c2cc(F)c(Cl)cc21. The molecule has 0 amide bonds. The highest BCUT2D eigenvalue weighted by atomic mass is 35.5. The Morgan fingerprint density at radius 1 is 1.53 bits per heavy atom. The van der Waals surface area contributed by atoms with Crippen LogP contribution in [-0.2, 0) is 6.54 Å². The highest BCUT2D eigenvalue weighted by Gasteiger charge is 2.08. The second kappa shape index (κ2) is 3.94. The fourth-order valence-corrected chi connectivity index (χ4v) is 2.05. The van der Waals surface area contributed by atoms with Crippen molar-refractivity contribution in [2.45, 2.75) is 19.9 Å². The zero-order valence-electron chi connectivity index (χ0n) is 8.18. The number of aromatic nitrogens is 2. The molecule has 0 atom stereocenters. The third-order valence-electron chi connectivity index (χ3n) is 2.26. The van der Waals surface area contributed by atoms with Crippen molar-refractivity contribution in [2.75, 3.05) is 0 Å². The highest BCUT2D eigenvalue weighted by molar-refractivity contribution is 7.71. The molecule has 0 spiro atoms. The van der Waals surface area contributed by atoms with Crippen molar-refractivity contribution in [3.8, 4) is 0 Å². The molecule has 0 saturated carbocycles. The van der Waals surface area contributed by atoms with Gasteiger partial charge in [-0.15, -0.1) is 0 Å². The zero-order valence-corrected chi connectivity index (χ0v) is 9.75. The van der Waals surface area contributed by atoms with E-state index in [0.717, 1.165) is 18.5 Å². The zero-order chi connectivity index (χ0) is 11.0. The van der Waals surface area contributed by atoms with Crippen molar-refractivity contribution < 1.29 is 4.39 Å². The first-order valence-electron chi connectivity index (χ1n) is 4.71. The quantitative estimate of drug-likeness (QED) is 0.795. The van der Waals surface area contributed by atoms with E-state index in [4.69, 9.17) is 23.8 Å². The van der Waals surface area contributed by atoms with E-state index in [-0.39, 0.29) is 5.02 Å². The summed E-state index contributed by atoms with van der Waals surface area (Å²) < 4.78 is 15.7. The predicted molar refractivity (Wildman–Crippen MR) is 62.4 cm³/mol. The summed E-state index contributed by atoms with van der Waals surface area (Å²) in [5.74, 6) is -0.427. The van der Waals surface area contributed by atoms with Gasteiger partial charge in [0.15, 0.2) is 4.77 Å². The van der Waals surface area contributed by atoms with Crippen LogP contribution in [0.2, 0.25) is 5.02 Å². The van der Waals surface area contributed by atoms with E-state index in [9.17, 15) is 4.39 Å². The van der Waals surface area contributed by atoms with Gasteiger partial charge in [-0.2, -0.15) is 0 Å². The number of aromatic amines is 1. The lowest BCUT2D eigenvalue weighted by Crippen LogP contribution is -1.96. The minimum atomic E-state index is -0.427. The fourth-order valence-electron chi connectivity index (χ4n) is 1.60. The highest BCUT2D eigenvalue weighted by Crippen LogP contribution is 2.22. The third-order valence-corrected chi connectivity index (χ3v) is 2.88. The van der Waals surface area contributed by atoms with Crippen LogP contribution in [0.5, 0.6) is 0 Å². The lowest BCUT2D eigenvalue weighted by atomic mass is 10.3. The van der Waals surface area contributed by atoms with Gasteiger partial charge in [-0.1, -0.05) is 18.5 Å². The molecule has 1 N–H and O–H groups in total. The lowest BCUT2D eigenvalue weighted by Gasteiger charge is -2.01. The van der Waals surface area contributed by atoms with E-state index < -0.39 is 5.82 Å². The smallest absolute Gasteiger partial charge is 0.178 e. The van der Waals surface area contributed by atoms with E-state index >= 15 is 0 Å². The van der Waals surface area contributed by atoms with Gasteiger partial charge < -0.3 is 9.55 Å². The van der Waals surface area contributed by atoms with Gasteiger partial charge in [-0.05, 0) is 24.7 Å². The summed E-state index contributed by atoms with van der Waals surface area (Å²) >= 11 is 10.9. The van der Waals surface area contributed by atoms with Gasteiger partial charge >= 0.3 is 0 Å². The van der Waals surface area contributed by atoms with Crippen LogP contribution in [0.4, 0.5) is 4.39 Å². The molecule has 0 fully saturated rings. The largest absolute Gasteiger partial charge is 0.330 e. The van der Waals surface area contributed by atoms with Gasteiger partial charge in [0.25, 0.3) is 0 Å².